The number of hydrogen-bond donors (Lipinski definition) is 2. The molecule has 0 aromatic heterocycles. The molecule has 3 fully saturated rings. The Bertz CT molecular complexity index is 998. The first-order valence-electron chi connectivity index (χ1n) is 17.9. The number of fused-ring (bicyclic) bond motifs is 5. The van der Waals surface area contributed by atoms with E-state index in [-0.39, 0.29) is 59.8 Å². The van der Waals surface area contributed by atoms with Gasteiger partial charge in [-0.25, -0.2) is 0 Å². The number of allylic oxidation sites excluding steroid dienone is 1. The Kier molecular flexibility index (Phi) is 13.5. The average Bonchev–Trinajstić information content (AvgIpc) is 3.29. The Morgan fingerprint density at radius 2 is 1.77 bits per heavy atom. The predicted octanol–water partition coefficient (Wildman–Crippen LogP) is 3.91. The number of aliphatic hydroxyl groups is 1. The monoisotopic (exact) mass is 680 g/mol. The van der Waals surface area contributed by atoms with Gasteiger partial charge < -0.3 is 36.6 Å². The summed E-state index contributed by atoms with van der Waals surface area (Å²) in [6.07, 6.45) is 16.7. The summed E-state index contributed by atoms with van der Waals surface area (Å²) < 4.78 is 6.59. The van der Waals surface area contributed by atoms with Crippen LogP contribution in [0.5, 0.6) is 0 Å². The van der Waals surface area contributed by atoms with Gasteiger partial charge in [0.15, 0.2) is 0 Å². The van der Waals surface area contributed by atoms with E-state index in [1.54, 1.807) is 5.57 Å². The van der Waals surface area contributed by atoms with E-state index >= 15 is 0 Å². The fraction of sp³-hybridized carbons (Fsp3) is 0.892. The zero-order chi connectivity index (χ0) is 31.4. The molecule has 2 N–H and O–H groups in total. The lowest BCUT2D eigenvalue weighted by Gasteiger charge is -2.58. The molecular weight excluding hydrogens is 616 g/mol. The fourth-order valence-corrected chi connectivity index (χ4v) is 10.2. The topological polar surface area (TPSA) is 75.6 Å². The van der Waals surface area contributed by atoms with E-state index in [4.69, 9.17) is 9.84 Å². The molecular formula is C37H65BrN2O4. The fourth-order valence-electron chi connectivity index (χ4n) is 10.2. The maximum absolute atomic E-state index is 12.7. The van der Waals surface area contributed by atoms with Crippen molar-refractivity contribution in [2.75, 3.05) is 40.3 Å². The van der Waals surface area contributed by atoms with Crippen molar-refractivity contribution in [3.05, 3.63) is 11.6 Å². The number of halogens is 1. The Morgan fingerprint density at radius 1 is 1.02 bits per heavy atom. The quantitative estimate of drug-likeness (QED) is 0.166. The van der Waals surface area contributed by atoms with Crippen molar-refractivity contribution in [3.63, 3.8) is 0 Å². The first-order valence-corrected chi connectivity index (χ1v) is 17.9. The van der Waals surface area contributed by atoms with Crippen LogP contribution in [0, 0.1) is 46.3 Å². The van der Waals surface area contributed by atoms with Crippen molar-refractivity contribution in [2.24, 2.45) is 46.3 Å². The molecule has 8 atom stereocenters. The molecule has 0 bridgehead atoms. The van der Waals surface area contributed by atoms with Crippen LogP contribution in [0.1, 0.15) is 118 Å². The Morgan fingerprint density at radius 3 is 2.48 bits per heavy atom. The van der Waals surface area contributed by atoms with Gasteiger partial charge in [0.1, 0.15) is 12.6 Å². The third-order valence-electron chi connectivity index (χ3n) is 12.9. The highest BCUT2D eigenvalue weighted by Gasteiger charge is 2.59. The van der Waals surface area contributed by atoms with Crippen LogP contribution < -0.4 is 22.3 Å². The summed E-state index contributed by atoms with van der Waals surface area (Å²) in [5, 5.41) is 12.1. The van der Waals surface area contributed by atoms with Gasteiger partial charge >= 0.3 is 5.97 Å². The van der Waals surface area contributed by atoms with E-state index in [0.717, 1.165) is 61.3 Å². The first kappa shape index (κ1) is 37.5. The van der Waals surface area contributed by atoms with Gasteiger partial charge in [0, 0.05) is 12.8 Å². The highest BCUT2D eigenvalue weighted by molar-refractivity contribution is 5.81. The van der Waals surface area contributed by atoms with Crippen LogP contribution in [-0.4, -0.2) is 67.9 Å². The minimum Gasteiger partial charge on any atom is -1.00 e. The van der Waals surface area contributed by atoms with Crippen molar-refractivity contribution < 1.29 is 40.9 Å². The van der Waals surface area contributed by atoms with Crippen LogP contribution >= 0.6 is 0 Å². The zero-order valence-electron chi connectivity index (χ0n) is 29.1. The largest absolute Gasteiger partial charge is 1.00 e. The molecule has 1 amide bonds. The SMILES string of the molecule is CC(C)CCC[C@@H](C)C1CCC2C3CC=C4C[C@@H](OC(=O)CCC(=O)NCC[N+](C)(C)CCO)CC[C@]4(C)C3CC[C@@]21C.[Br-]. The summed E-state index contributed by atoms with van der Waals surface area (Å²) in [4.78, 5) is 25.0. The number of hydrogen-bond acceptors (Lipinski definition) is 4. The van der Waals surface area contributed by atoms with Crippen LogP contribution in [-0.2, 0) is 14.3 Å². The van der Waals surface area contributed by atoms with Crippen molar-refractivity contribution in [3.8, 4) is 0 Å². The molecule has 6 nitrogen and oxygen atoms in total. The van der Waals surface area contributed by atoms with Crippen molar-refractivity contribution in [1.29, 1.82) is 0 Å². The normalized spacial score (nSPS) is 33.8. The summed E-state index contributed by atoms with van der Waals surface area (Å²) in [7, 11) is 4.06. The number of aliphatic hydroxyl groups excluding tert-OH is 1. The molecule has 254 valence electrons. The van der Waals surface area contributed by atoms with E-state index in [9.17, 15) is 9.59 Å². The van der Waals surface area contributed by atoms with E-state index in [0.29, 0.717) is 23.0 Å². The van der Waals surface area contributed by atoms with Crippen LogP contribution in [0.3, 0.4) is 0 Å². The number of carbonyl (C=O) groups is 2. The second-order valence-corrected chi connectivity index (χ2v) is 16.6. The van der Waals surface area contributed by atoms with Crippen LogP contribution in [0.4, 0.5) is 0 Å². The van der Waals surface area contributed by atoms with Gasteiger partial charge in [-0.05, 0) is 91.3 Å². The van der Waals surface area contributed by atoms with Gasteiger partial charge in [-0.1, -0.05) is 65.5 Å². The van der Waals surface area contributed by atoms with Gasteiger partial charge in [0.2, 0.25) is 5.91 Å². The number of ether oxygens (including phenoxy) is 1. The molecule has 4 rings (SSSR count). The molecule has 0 aromatic rings. The summed E-state index contributed by atoms with van der Waals surface area (Å²) in [5.41, 5.74) is 2.30. The van der Waals surface area contributed by atoms with E-state index in [1.165, 1.54) is 51.4 Å². The summed E-state index contributed by atoms with van der Waals surface area (Å²) >= 11 is 0. The number of nitrogens with one attached hydrogen (secondary N) is 1. The van der Waals surface area contributed by atoms with Crippen LogP contribution in [0.25, 0.3) is 0 Å². The molecule has 0 radical (unpaired) electrons. The lowest BCUT2D eigenvalue weighted by Crippen LogP contribution is -3.00. The van der Waals surface area contributed by atoms with Gasteiger partial charge in [0.05, 0.1) is 40.2 Å². The molecule has 0 spiro atoms. The second kappa shape index (κ2) is 15.8. The molecule has 0 heterocycles. The Hall–Kier alpha value is -0.920. The molecule has 0 aromatic carbocycles. The zero-order valence-corrected chi connectivity index (χ0v) is 30.7. The van der Waals surface area contributed by atoms with Crippen molar-refractivity contribution in [1.82, 2.24) is 5.32 Å². The number of carbonyl (C=O) groups excluding carboxylic acids is 2. The van der Waals surface area contributed by atoms with Gasteiger partial charge in [-0.15, -0.1) is 0 Å². The predicted molar refractivity (Wildman–Crippen MR) is 174 cm³/mol. The molecule has 0 saturated heterocycles. The molecule has 7 heteroatoms. The molecule has 4 unspecified atom stereocenters. The standard InChI is InChI=1S/C37H64N2O4.BrH/c1-26(2)9-8-10-27(3)31-13-14-32-30-12-11-28-25-29(17-19-36(28,4)33(30)18-20-37(31,32)5)43-35(42)16-15-34(41)38-21-22-39(6,7)23-24-40;/h11,26-27,29-33,40H,8-10,12-25H2,1-7H3;1H/t27-,29+,30?,31?,32?,33?,36+,37-;/m1./s1. The molecule has 4 aliphatic carbocycles. The number of nitrogens with zero attached hydrogens (tertiary/aromatic N) is 1. The van der Waals surface area contributed by atoms with E-state index < -0.39 is 0 Å². The number of amides is 1. The Labute approximate surface area is 279 Å². The maximum Gasteiger partial charge on any atom is 0.306 e. The highest BCUT2D eigenvalue weighted by Crippen LogP contribution is 2.67. The minimum absolute atomic E-state index is 0. The maximum atomic E-state index is 12.7. The number of likely N-dealkylation sites (N-methyl/N-ethyl adjacent to an activating group) is 1. The lowest BCUT2D eigenvalue weighted by atomic mass is 9.47. The lowest BCUT2D eigenvalue weighted by molar-refractivity contribution is -0.889. The molecule has 3 saturated carbocycles. The molecule has 0 aliphatic heterocycles. The number of rotatable bonds is 14. The summed E-state index contributed by atoms with van der Waals surface area (Å²) in [5.74, 6) is 4.62. The average molecular weight is 682 g/mol. The summed E-state index contributed by atoms with van der Waals surface area (Å²) in [6, 6.07) is 0. The van der Waals surface area contributed by atoms with Crippen molar-refractivity contribution >= 4 is 11.9 Å². The van der Waals surface area contributed by atoms with E-state index in [1.807, 2.05) is 14.1 Å². The molecule has 4 aliphatic rings. The first-order chi connectivity index (χ1) is 20.3. The smallest absolute Gasteiger partial charge is 0.306 e. The number of quaternary nitrogens is 1. The van der Waals surface area contributed by atoms with Crippen LogP contribution in [0.2, 0.25) is 0 Å². The van der Waals surface area contributed by atoms with Crippen molar-refractivity contribution in [2.45, 2.75) is 124 Å². The highest BCUT2D eigenvalue weighted by atomic mass is 79.9. The van der Waals surface area contributed by atoms with Gasteiger partial charge in [-0.2, -0.15) is 0 Å². The Balaban J connectivity index is 0.00000529. The number of esters is 1. The van der Waals surface area contributed by atoms with Gasteiger partial charge in [-0.3, -0.25) is 9.59 Å². The van der Waals surface area contributed by atoms with Crippen LogP contribution in [0.15, 0.2) is 11.6 Å². The van der Waals surface area contributed by atoms with Gasteiger partial charge in [0.25, 0.3) is 0 Å². The third kappa shape index (κ3) is 8.70. The third-order valence-corrected chi connectivity index (χ3v) is 12.9. The second-order valence-electron chi connectivity index (χ2n) is 16.6. The summed E-state index contributed by atoms with van der Waals surface area (Å²) in [6.45, 7) is 14.5. The minimum atomic E-state index is -0.248. The van der Waals surface area contributed by atoms with E-state index in [2.05, 4.69) is 46.0 Å². The molecule has 44 heavy (non-hydrogen) atoms.